The van der Waals surface area contributed by atoms with E-state index in [1.54, 1.807) is 0 Å². The largest absolute Gasteiger partial charge is 0.481 e. The number of hydrogen-bond acceptors (Lipinski definition) is 5. The summed E-state index contributed by atoms with van der Waals surface area (Å²) in [6.07, 6.45) is 3.93. The minimum Gasteiger partial charge on any atom is -0.481 e. The van der Waals surface area contributed by atoms with Crippen molar-refractivity contribution in [1.29, 1.82) is 0 Å². The molecule has 1 heterocycles. The van der Waals surface area contributed by atoms with Gasteiger partial charge in [0.15, 0.2) is 0 Å². The van der Waals surface area contributed by atoms with E-state index >= 15 is 0 Å². The van der Waals surface area contributed by atoms with Crippen molar-refractivity contribution in [2.24, 2.45) is 5.92 Å². The van der Waals surface area contributed by atoms with Crippen LogP contribution in [0, 0.1) is 12.8 Å². The van der Waals surface area contributed by atoms with Gasteiger partial charge in [0.05, 0.1) is 18.1 Å². The molecule has 2 atom stereocenters. The fourth-order valence-electron chi connectivity index (χ4n) is 2.47. The third kappa shape index (κ3) is 2.94. The van der Waals surface area contributed by atoms with Gasteiger partial charge in [-0.25, -0.2) is 9.97 Å². The Balaban J connectivity index is 2.14. The van der Waals surface area contributed by atoms with Crippen molar-refractivity contribution < 1.29 is 14.6 Å². The summed E-state index contributed by atoms with van der Waals surface area (Å²) in [5.74, 6) is 0.123. The lowest BCUT2D eigenvalue weighted by Crippen LogP contribution is -2.30. The Bertz CT molecular complexity index is 464. The van der Waals surface area contributed by atoms with Crippen molar-refractivity contribution in [2.45, 2.75) is 39.2 Å². The van der Waals surface area contributed by atoms with Gasteiger partial charge < -0.3 is 15.2 Å². The van der Waals surface area contributed by atoms with Gasteiger partial charge in [0.25, 0.3) is 0 Å². The molecule has 1 fully saturated rings. The summed E-state index contributed by atoms with van der Waals surface area (Å²) in [6.45, 7) is 4.31. The van der Waals surface area contributed by atoms with Crippen LogP contribution in [0.1, 0.15) is 31.7 Å². The van der Waals surface area contributed by atoms with E-state index in [4.69, 9.17) is 4.74 Å². The Kier molecular flexibility index (Phi) is 4.19. The maximum Gasteiger partial charge on any atom is 0.308 e. The number of ether oxygens (including phenoxy) is 1. The topological polar surface area (TPSA) is 84.3 Å². The van der Waals surface area contributed by atoms with Gasteiger partial charge >= 0.3 is 5.97 Å². The SMILES string of the molecule is CCOc1ncnc(NC2CCCC2C(=O)O)c1C. The molecule has 2 rings (SSSR count). The number of carbonyl (C=O) groups is 1. The number of aromatic nitrogens is 2. The van der Waals surface area contributed by atoms with Crippen molar-refractivity contribution in [3.63, 3.8) is 0 Å². The summed E-state index contributed by atoms with van der Waals surface area (Å²) in [5, 5.41) is 12.4. The Morgan fingerprint density at radius 1 is 1.53 bits per heavy atom. The second-order valence-corrected chi connectivity index (χ2v) is 4.71. The van der Waals surface area contributed by atoms with Gasteiger partial charge in [0.2, 0.25) is 5.88 Å². The fraction of sp³-hybridized carbons (Fsp3) is 0.615. The third-order valence-electron chi connectivity index (χ3n) is 3.47. The Morgan fingerprint density at radius 2 is 2.32 bits per heavy atom. The summed E-state index contributed by atoms with van der Waals surface area (Å²) in [6, 6.07) is -0.0689. The minimum absolute atomic E-state index is 0.0689. The summed E-state index contributed by atoms with van der Waals surface area (Å²) < 4.78 is 5.41. The second kappa shape index (κ2) is 5.86. The number of hydrogen-bond donors (Lipinski definition) is 2. The highest BCUT2D eigenvalue weighted by atomic mass is 16.5. The molecule has 6 nitrogen and oxygen atoms in total. The number of nitrogens with zero attached hydrogens (tertiary/aromatic N) is 2. The summed E-state index contributed by atoms with van der Waals surface area (Å²) in [7, 11) is 0. The van der Waals surface area contributed by atoms with Crippen LogP contribution in [0.2, 0.25) is 0 Å². The molecule has 1 saturated carbocycles. The molecular weight excluding hydrogens is 246 g/mol. The maximum atomic E-state index is 11.2. The zero-order valence-electron chi connectivity index (χ0n) is 11.2. The van der Waals surface area contributed by atoms with E-state index < -0.39 is 5.97 Å². The molecule has 0 aliphatic heterocycles. The standard InChI is InChI=1S/C13H19N3O3/c1-3-19-12-8(2)11(14-7-15-12)16-10-6-4-5-9(10)13(17)18/h7,9-10H,3-6H2,1-2H3,(H,17,18)(H,14,15,16). The van der Waals surface area contributed by atoms with Crippen molar-refractivity contribution in [2.75, 3.05) is 11.9 Å². The minimum atomic E-state index is -0.744. The van der Waals surface area contributed by atoms with E-state index in [1.807, 2.05) is 13.8 Å². The first kappa shape index (κ1) is 13.6. The highest BCUT2D eigenvalue weighted by Crippen LogP contribution is 2.30. The average Bonchev–Trinajstić information content (AvgIpc) is 2.83. The van der Waals surface area contributed by atoms with Crippen LogP contribution >= 0.6 is 0 Å². The van der Waals surface area contributed by atoms with Crippen molar-refractivity contribution in [1.82, 2.24) is 9.97 Å². The van der Waals surface area contributed by atoms with E-state index in [-0.39, 0.29) is 12.0 Å². The molecule has 2 unspecified atom stereocenters. The van der Waals surface area contributed by atoms with E-state index in [9.17, 15) is 9.90 Å². The van der Waals surface area contributed by atoms with E-state index in [0.717, 1.165) is 24.8 Å². The quantitative estimate of drug-likeness (QED) is 0.845. The normalized spacial score (nSPS) is 22.2. The summed E-state index contributed by atoms with van der Waals surface area (Å²) in [5.41, 5.74) is 0.820. The van der Waals surface area contributed by atoms with Crippen LogP contribution in [0.4, 0.5) is 5.82 Å². The number of aliphatic carboxylic acids is 1. The van der Waals surface area contributed by atoms with Crippen molar-refractivity contribution >= 4 is 11.8 Å². The van der Waals surface area contributed by atoms with Crippen LogP contribution in [0.25, 0.3) is 0 Å². The lowest BCUT2D eigenvalue weighted by molar-refractivity contribution is -0.141. The molecule has 1 aliphatic carbocycles. The molecule has 0 saturated heterocycles. The van der Waals surface area contributed by atoms with Crippen LogP contribution in [0.15, 0.2) is 6.33 Å². The number of carboxylic acid groups (broad SMARTS) is 1. The molecule has 19 heavy (non-hydrogen) atoms. The lowest BCUT2D eigenvalue weighted by atomic mass is 10.0. The molecule has 0 radical (unpaired) electrons. The van der Waals surface area contributed by atoms with E-state index in [0.29, 0.717) is 18.3 Å². The predicted octanol–water partition coefficient (Wildman–Crippen LogP) is 1.85. The number of carboxylic acids is 1. The molecule has 1 aliphatic rings. The van der Waals surface area contributed by atoms with Gasteiger partial charge in [0, 0.05) is 6.04 Å². The molecule has 0 spiro atoms. The summed E-state index contributed by atoms with van der Waals surface area (Å²) >= 11 is 0. The van der Waals surface area contributed by atoms with Crippen LogP contribution < -0.4 is 10.1 Å². The number of anilines is 1. The van der Waals surface area contributed by atoms with Crippen LogP contribution in [-0.4, -0.2) is 33.7 Å². The van der Waals surface area contributed by atoms with E-state index in [2.05, 4.69) is 15.3 Å². The van der Waals surface area contributed by atoms with Gasteiger partial charge in [-0.15, -0.1) is 0 Å². The van der Waals surface area contributed by atoms with Crippen LogP contribution in [0.5, 0.6) is 5.88 Å². The Hall–Kier alpha value is -1.85. The predicted molar refractivity (Wildman–Crippen MR) is 70.3 cm³/mol. The van der Waals surface area contributed by atoms with Gasteiger partial charge in [-0.1, -0.05) is 6.42 Å². The summed E-state index contributed by atoms with van der Waals surface area (Å²) in [4.78, 5) is 19.4. The van der Waals surface area contributed by atoms with Gasteiger partial charge in [-0.3, -0.25) is 4.79 Å². The Labute approximate surface area is 112 Å². The van der Waals surface area contributed by atoms with Crippen LogP contribution in [-0.2, 0) is 4.79 Å². The molecule has 0 bridgehead atoms. The van der Waals surface area contributed by atoms with Gasteiger partial charge in [-0.2, -0.15) is 0 Å². The lowest BCUT2D eigenvalue weighted by Gasteiger charge is -2.19. The maximum absolute atomic E-state index is 11.2. The van der Waals surface area contributed by atoms with Crippen LogP contribution in [0.3, 0.4) is 0 Å². The first-order chi connectivity index (χ1) is 9.13. The molecule has 0 amide bonds. The highest BCUT2D eigenvalue weighted by Gasteiger charge is 2.33. The van der Waals surface area contributed by atoms with Gasteiger partial charge in [-0.05, 0) is 26.7 Å². The zero-order valence-corrected chi connectivity index (χ0v) is 11.2. The first-order valence-corrected chi connectivity index (χ1v) is 6.57. The average molecular weight is 265 g/mol. The second-order valence-electron chi connectivity index (χ2n) is 4.71. The highest BCUT2D eigenvalue weighted by molar-refractivity contribution is 5.72. The molecule has 104 valence electrons. The van der Waals surface area contributed by atoms with Crippen molar-refractivity contribution in [3.05, 3.63) is 11.9 Å². The molecule has 0 aromatic carbocycles. The zero-order chi connectivity index (χ0) is 13.8. The van der Waals surface area contributed by atoms with Gasteiger partial charge in [0.1, 0.15) is 12.1 Å². The molecule has 1 aromatic heterocycles. The molecule has 1 aromatic rings. The smallest absolute Gasteiger partial charge is 0.308 e. The first-order valence-electron chi connectivity index (χ1n) is 6.57. The number of rotatable bonds is 5. The Morgan fingerprint density at radius 3 is 3.00 bits per heavy atom. The molecular formula is C13H19N3O3. The molecule has 2 N–H and O–H groups in total. The monoisotopic (exact) mass is 265 g/mol. The third-order valence-corrected chi connectivity index (χ3v) is 3.47. The van der Waals surface area contributed by atoms with E-state index in [1.165, 1.54) is 6.33 Å². The molecule has 6 heteroatoms. The fourth-order valence-corrected chi connectivity index (χ4v) is 2.47. The van der Waals surface area contributed by atoms with Crippen molar-refractivity contribution in [3.8, 4) is 5.88 Å². The number of nitrogens with one attached hydrogen (secondary N) is 1.